The van der Waals surface area contributed by atoms with Crippen LogP contribution in [0, 0.1) is 5.82 Å². The van der Waals surface area contributed by atoms with Gasteiger partial charge in [0.1, 0.15) is 24.3 Å². The van der Waals surface area contributed by atoms with Gasteiger partial charge in [0.25, 0.3) is 5.91 Å². The average Bonchev–Trinajstić information content (AvgIpc) is 2.98. The molecular weight excluding hydrogens is 281 g/mol. The normalized spacial score (nSPS) is 11.9. The smallest absolute Gasteiger partial charge is 0.261 e. The Morgan fingerprint density at radius 2 is 2.10 bits per heavy atom. The van der Waals surface area contributed by atoms with Crippen LogP contribution in [0.2, 0.25) is 0 Å². The first kappa shape index (κ1) is 14.5. The van der Waals surface area contributed by atoms with Crippen LogP contribution in [-0.4, -0.2) is 30.3 Å². The molecule has 2 N–H and O–H groups in total. The van der Waals surface area contributed by atoms with E-state index in [1.807, 2.05) is 5.38 Å². The molecule has 4 nitrogen and oxygen atoms in total. The summed E-state index contributed by atoms with van der Waals surface area (Å²) in [5.74, 6) is -0.100. The van der Waals surface area contributed by atoms with E-state index < -0.39 is 6.10 Å². The molecule has 0 saturated carbocycles. The molecule has 1 aromatic heterocycles. The van der Waals surface area contributed by atoms with Crippen molar-refractivity contribution in [2.24, 2.45) is 0 Å². The Bertz CT molecular complexity index is 542. The van der Waals surface area contributed by atoms with Crippen LogP contribution in [0.3, 0.4) is 0 Å². The summed E-state index contributed by atoms with van der Waals surface area (Å²) in [4.78, 5) is 12.2. The minimum atomic E-state index is -0.830. The molecule has 1 unspecified atom stereocenters. The van der Waals surface area contributed by atoms with Gasteiger partial charge in [-0.3, -0.25) is 4.79 Å². The highest BCUT2D eigenvalue weighted by molar-refractivity contribution is 7.12. The highest BCUT2D eigenvalue weighted by Gasteiger charge is 2.10. The predicted octanol–water partition coefficient (Wildman–Crippen LogP) is 2.06. The maximum absolute atomic E-state index is 12.7. The van der Waals surface area contributed by atoms with E-state index in [9.17, 15) is 14.3 Å². The Morgan fingerprint density at radius 1 is 1.35 bits per heavy atom. The SMILES string of the molecule is O=C(NCC(O)COc1ccc(F)cc1)c1cccs1. The second-order valence-corrected chi connectivity index (χ2v) is 5.05. The number of rotatable bonds is 6. The summed E-state index contributed by atoms with van der Waals surface area (Å²) >= 11 is 1.33. The van der Waals surface area contributed by atoms with E-state index in [0.717, 1.165) is 0 Å². The summed E-state index contributed by atoms with van der Waals surface area (Å²) in [6, 6.07) is 9.01. The van der Waals surface area contributed by atoms with E-state index in [4.69, 9.17) is 4.74 Å². The standard InChI is InChI=1S/C14H14FNO3S/c15-10-3-5-12(6-4-10)19-9-11(17)8-16-14(18)13-2-1-7-20-13/h1-7,11,17H,8-9H2,(H,16,18). The molecule has 0 fully saturated rings. The summed E-state index contributed by atoms with van der Waals surface area (Å²) < 4.78 is 18.0. The van der Waals surface area contributed by atoms with E-state index in [2.05, 4.69) is 5.32 Å². The highest BCUT2D eigenvalue weighted by atomic mass is 32.1. The molecule has 0 saturated heterocycles. The molecule has 2 aromatic rings. The molecule has 1 aromatic carbocycles. The number of amides is 1. The van der Waals surface area contributed by atoms with Crippen molar-refractivity contribution < 1.29 is 19.0 Å². The highest BCUT2D eigenvalue weighted by Crippen LogP contribution is 2.11. The number of hydrogen-bond acceptors (Lipinski definition) is 4. The lowest BCUT2D eigenvalue weighted by atomic mass is 10.3. The van der Waals surface area contributed by atoms with Gasteiger partial charge in [0, 0.05) is 6.54 Å². The lowest BCUT2D eigenvalue weighted by Crippen LogP contribution is -2.34. The Morgan fingerprint density at radius 3 is 2.75 bits per heavy atom. The Hall–Kier alpha value is -1.92. The van der Waals surface area contributed by atoms with Gasteiger partial charge in [-0.2, -0.15) is 0 Å². The van der Waals surface area contributed by atoms with Gasteiger partial charge in [0.05, 0.1) is 4.88 Å². The maximum Gasteiger partial charge on any atom is 0.261 e. The van der Waals surface area contributed by atoms with E-state index in [0.29, 0.717) is 10.6 Å². The number of hydrogen-bond donors (Lipinski definition) is 2. The summed E-state index contributed by atoms with van der Waals surface area (Å²) in [5, 5.41) is 14.1. The number of halogens is 1. The molecular formula is C14H14FNO3S. The third-order valence-corrected chi connectivity index (χ3v) is 3.37. The van der Waals surface area contributed by atoms with Crippen molar-refractivity contribution in [2.75, 3.05) is 13.2 Å². The molecule has 0 bridgehead atoms. The summed E-state index contributed by atoms with van der Waals surface area (Å²) in [7, 11) is 0. The summed E-state index contributed by atoms with van der Waals surface area (Å²) in [6.07, 6.45) is -0.830. The molecule has 1 atom stereocenters. The Labute approximate surface area is 119 Å². The second kappa shape index (κ2) is 7.02. The first-order chi connectivity index (χ1) is 9.65. The van der Waals surface area contributed by atoms with Crippen molar-refractivity contribution in [3.63, 3.8) is 0 Å². The molecule has 2 rings (SSSR count). The van der Waals surface area contributed by atoms with Gasteiger partial charge < -0.3 is 15.2 Å². The molecule has 20 heavy (non-hydrogen) atoms. The van der Waals surface area contributed by atoms with Gasteiger partial charge >= 0.3 is 0 Å². The Kier molecular flexibility index (Phi) is 5.09. The average molecular weight is 295 g/mol. The van der Waals surface area contributed by atoms with Crippen LogP contribution in [0.25, 0.3) is 0 Å². The minimum Gasteiger partial charge on any atom is -0.491 e. The molecule has 6 heteroatoms. The van der Waals surface area contributed by atoms with Crippen LogP contribution < -0.4 is 10.1 Å². The second-order valence-electron chi connectivity index (χ2n) is 4.11. The third-order valence-electron chi connectivity index (χ3n) is 2.50. The number of aliphatic hydroxyl groups is 1. The number of thiophene rings is 1. The molecule has 0 aliphatic heterocycles. The molecule has 1 amide bonds. The Balaban J connectivity index is 1.71. The summed E-state index contributed by atoms with van der Waals surface area (Å²) in [6.45, 7) is 0.119. The number of aliphatic hydroxyl groups excluding tert-OH is 1. The first-order valence-corrected chi connectivity index (χ1v) is 6.91. The van der Waals surface area contributed by atoms with Crippen LogP contribution in [0.5, 0.6) is 5.75 Å². The monoisotopic (exact) mass is 295 g/mol. The number of carbonyl (C=O) groups excluding carboxylic acids is 1. The first-order valence-electron chi connectivity index (χ1n) is 6.03. The molecule has 106 valence electrons. The largest absolute Gasteiger partial charge is 0.491 e. The minimum absolute atomic E-state index is 0.0242. The van der Waals surface area contributed by atoms with Crippen LogP contribution >= 0.6 is 11.3 Å². The topological polar surface area (TPSA) is 58.6 Å². The lowest BCUT2D eigenvalue weighted by molar-refractivity contribution is 0.0847. The third kappa shape index (κ3) is 4.32. The van der Waals surface area contributed by atoms with E-state index in [1.165, 1.54) is 35.6 Å². The van der Waals surface area contributed by atoms with Crippen LogP contribution in [0.4, 0.5) is 4.39 Å². The van der Waals surface area contributed by atoms with Crippen molar-refractivity contribution in [3.8, 4) is 5.75 Å². The van der Waals surface area contributed by atoms with Gasteiger partial charge in [-0.25, -0.2) is 4.39 Å². The van der Waals surface area contributed by atoms with Crippen molar-refractivity contribution in [2.45, 2.75) is 6.10 Å². The van der Waals surface area contributed by atoms with Crippen LogP contribution in [-0.2, 0) is 0 Å². The van der Waals surface area contributed by atoms with Gasteiger partial charge in [0.15, 0.2) is 0 Å². The van der Waals surface area contributed by atoms with Gasteiger partial charge in [-0.15, -0.1) is 11.3 Å². The van der Waals surface area contributed by atoms with Crippen molar-refractivity contribution in [1.82, 2.24) is 5.32 Å². The molecule has 0 radical (unpaired) electrons. The van der Waals surface area contributed by atoms with Crippen molar-refractivity contribution in [1.29, 1.82) is 0 Å². The quantitative estimate of drug-likeness (QED) is 0.857. The number of benzene rings is 1. The van der Waals surface area contributed by atoms with E-state index in [-0.39, 0.29) is 24.9 Å². The number of carbonyl (C=O) groups is 1. The number of nitrogens with one attached hydrogen (secondary N) is 1. The number of ether oxygens (including phenoxy) is 1. The zero-order chi connectivity index (χ0) is 14.4. The molecule has 1 heterocycles. The fraction of sp³-hybridized carbons (Fsp3) is 0.214. The fourth-order valence-corrected chi connectivity index (χ4v) is 2.13. The zero-order valence-electron chi connectivity index (χ0n) is 10.6. The van der Waals surface area contributed by atoms with E-state index >= 15 is 0 Å². The maximum atomic E-state index is 12.7. The zero-order valence-corrected chi connectivity index (χ0v) is 11.4. The van der Waals surface area contributed by atoms with Crippen molar-refractivity contribution in [3.05, 3.63) is 52.5 Å². The van der Waals surface area contributed by atoms with Gasteiger partial charge in [-0.1, -0.05) is 6.07 Å². The molecule has 0 aliphatic rings. The fourth-order valence-electron chi connectivity index (χ4n) is 1.49. The van der Waals surface area contributed by atoms with Gasteiger partial charge in [0.2, 0.25) is 0 Å². The predicted molar refractivity (Wildman–Crippen MR) is 74.6 cm³/mol. The van der Waals surface area contributed by atoms with Crippen LogP contribution in [0.15, 0.2) is 41.8 Å². The van der Waals surface area contributed by atoms with Gasteiger partial charge in [-0.05, 0) is 35.7 Å². The lowest BCUT2D eigenvalue weighted by Gasteiger charge is -2.13. The van der Waals surface area contributed by atoms with Crippen LogP contribution in [0.1, 0.15) is 9.67 Å². The van der Waals surface area contributed by atoms with E-state index in [1.54, 1.807) is 12.1 Å². The molecule has 0 aliphatic carbocycles. The van der Waals surface area contributed by atoms with Crippen molar-refractivity contribution >= 4 is 17.2 Å². The summed E-state index contributed by atoms with van der Waals surface area (Å²) in [5.41, 5.74) is 0. The molecule has 0 spiro atoms.